The lowest BCUT2D eigenvalue weighted by atomic mass is 10.1. The molecule has 0 atom stereocenters. The lowest BCUT2D eigenvalue weighted by Crippen LogP contribution is -2.12. The number of benzene rings is 2. The number of nitrogens with two attached hydrogens (primary N) is 1. The molecular formula is C20H21N5O2. The molecule has 4 N–H and O–H groups in total. The summed E-state index contributed by atoms with van der Waals surface area (Å²) in [6.07, 6.45) is 0. The summed E-state index contributed by atoms with van der Waals surface area (Å²) in [5, 5.41) is 11.7. The second-order valence-electron chi connectivity index (χ2n) is 6.09. The molecule has 0 saturated carbocycles. The van der Waals surface area contributed by atoms with Crippen molar-refractivity contribution in [1.82, 2.24) is 4.98 Å². The first-order valence-electron chi connectivity index (χ1n) is 8.39. The predicted octanol–water partition coefficient (Wildman–Crippen LogP) is 3.53. The monoisotopic (exact) mass is 363 g/mol. The number of nitrogens with zero attached hydrogens (tertiary/aromatic N) is 2. The fourth-order valence-electron chi connectivity index (χ4n) is 2.56. The molecule has 7 heteroatoms. The van der Waals surface area contributed by atoms with Gasteiger partial charge >= 0.3 is 0 Å². The summed E-state index contributed by atoms with van der Waals surface area (Å²) in [6.45, 7) is 3.52. The van der Waals surface area contributed by atoms with Crippen LogP contribution in [0.25, 0.3) is 10.9 Å². The summed E-state index contributed by atoms with van der Waals surface area (Å²) >= 11 is 0. The Morgan fingerprint density at radius 1 is 1.07 bits per heavy atom. The van der Waals surface area contributed by atoms with Gasteiger partial charge in [-0.1, -0.05) is 12.1 Å². The van der Waals surface area contributed by atoms with Crippen LogP contribution in [0.5, 0.6) is 5.75 Å². The Morgan fingerprint density at radius 2 is 1.81 bits per heavy atom. The van der Waals surface area contributed by atoms with Gasteiger partial charge in [0.2, 0.25) is 0 Å². The molecule has 1 aromatic heterocycles. The van der Waals surface area contributed by atoms with E-state index in [1.807, 2.05) is 55.5 Å². The molecule has 0 unspecified atom stereocenters. The molecule has 0 aliphatic carbocycles. The number of H-pyrrole nitrogens is 1. The van der Waals surface area contributed by atoms with Gasteiger partial charge in [0.05, 0.1) is 12.8 Å². The van der Waals surface area contributed by atoms with Gasteiger partial charge in [0.15, 0.2) is 0 Å². The minimum absolute atomic E-state index is 0.216. The lowest BCUT2D eigenvalue weighted by molar-refractivity contribution is 0.102. The fourth-order valence-corrected chi connectivity index (χ4v) is 2.56. The number of ether oxygens (including phenoxy) is 1. The Balaban J connectivity index is 1.74. The average molecular weight is 363 g/mol. The van der Waals surface area contributed by atoms with Gasteiger partial charge in [0, 0.05) is 22.7 Å². The number of hydrogen-bond acceptors (Lipinski definition) is 4. The van der Waals surface area contributed by atoms with E-state index in [9.17, 15) is 4.79 Å². The van der Waals surface area contributed by atoms with E-state index in [0.717, 1.165) is 27.9 Å². The Morgan fingerprint density at radius 3 is 2.48 bits per heavy atom. The minimum atomic E-state index is -0.216. The second-order valence-corrected chi connectivity index (χ2v) is 6.09. The molecule has 0 aliphatic heterocycles. The van der Waals surface area contributed by atoms with Crippen LogP contribution in [0.2, 0.25) is 0 Å². The number of hydrogen-bond donors (Lipinski definition) is 3. The number of anilines is 1. The third kappa shape index (κ3) is 4.33. The molecule has 1 heterocycles. The maximum atomic E-state index is 12.5. The van der Waals surface area contributed by atoms with Crippen molar-refractivity contribution in [2.24, 2.45) is 15.9 Å². The van der Waals surface area contributed by atoms with E-state index in [-0.39, 0.29) is 5.91 Å². The van der Waals surface area contributed by atoms with Crippen molar-refractivity contribution in [1.29, 1.82) is 0 Å². The normalized spacial score (nSPS) is 12.3. The molecule has 0 bridgehead atoms. The predicted molar refractivity (Wildman–Crippen MR) is 109 cm³/mol. The highest BCUT2D eigenvalue weighted by Crippen LogP contribution is 2.22. The van der Waals surface area contributed by atoms with Crippen molar-refractivity contribution in [3.05, 3.63) is 59.8 Å². The highest BCUT2D eigenvalue weighted by Gasteiger charge is 2.10. The zero-order valence-corrected chi connectivity index (χ0v) is 15.4. The van der Waals surface area contributed by atoms with E-state index in [2.05, 4.69) is 20.5 Å². The maximum absolute atomic E-state index is 12.5. The van der Waals surface area contributed by atoms with Crippen molar-refractivity contribution < 1.29 is 9.53 Å². The van der Waals surface area contributed by atoms with Gasteiger partial charge in [-0.3, -0.25) is 4.79 Å². The van der Waals surface area contributed by atoms with E-state index in [0.29, 0.717) is 17.2 Å². The molecule has 7 nitrogen and oxygen atoms in total. The first-order chi connectivity index (χ1) is 13.0. The SMILES string of the molecule is COc1ccc2cc(C(=O)Nc3ccc(/C(C)=N/N=C(C)N)cc3)[nH]c2c1. The van der Waals surface area contributed by atoms with Crippen molar-refractivity contribution >= 4 is 34.0 Å². The number of carbonyl (C=O) groups excluding carboxylic acids is 1. The molecule has 0 radical (unpaired) electrons. The summed E-state index contributed by atoms with van der Waals surface area (Å²) < 4.78 is 5.20. The molecule has 2 aromatic carbocycles. The molecular weight excluding hydrogens is 342 g/mol. The molecule has 3 aromatic rings. The van der Waals surface area contributed by atoms with Crippen LogP contribution in [-0.4, -0.2) is 29.5 Å². The second kappa shape index (κ2) is 7.74. The molecule has 0 spiro atoms. The van der Waals surface area contributed by atoms with Gasteiger partial charge < -0.3 is 20.8 Å². The molecule has 0 fully saturated rings. The standard InChI is InChI=1S/C20H21N5O2/c1-12(24-25-13(2)21)14-4-7-16(8-5-14)22-20(26)19-10-15-6-9-17(27-3)11-18(15)23-19/h4-11,23H,1-3H3,(H2,21,25)(H,22,26)/b24-12+. The molecule has 0 aliphatic rings. The summed E-state index contributed by atoms with van der Waals surface area (Å²) in [6, 6.07) is 14.8. The van der Waals surface area contributed by atoms with Crippen LogP contribution in [0, 0.1) is 0 Å². The zero-order valence-electron chi connectivity index (χ0n) is 15.4. The van der Waals surface area contributed by atoms with Crippen LogP contribution >= 0.6 is 0 Å². The Bertz CT molecular complexity index is 1030. The molecule has 27 heavy (non-hydrogen) atoms. The van der Waals surface area contributed by atoms with Gasteiger partial charge in [0.1, 0.15) is 17.3 Å². The zero-order chi connectivity index (χ0) is 19.4. The van der Waals surface area contributed by atoms with E-state index in [1.54, 1.807) is 14.0 Å². The molecule has 138 valence electrons. The Labute approximate surface area is 156 Å². The number of carbonyl (C=O) groups is 1. The third-order valence-corrected chi connectivity index (χ3v) is 3.99. The van der Waals surface area contributed by atoms with E-state index in [4.69, 9.17) is 10.5 Å². The van der Waals surface area contributed by atoms with Gasteiger partial charge in [0.25, 0.3) is 5.91 Å². The van der Waals surface area contributed by atoms with Crippen LogP contribution < -0.4 is 15.8 Å². The van der Waals surface area contributed by atoms with Crippen LogP contribution in [0.1, 0.15) is 29.9 Å². The van der Waals surface area contributed by atoms with E-state index >= 15 is 0 Å². The number of rotatable bonds is 5. The van der Waals surface area contributed by atoms with Crippen LogP contribution in [-0.2, 0) is 0 Å². The lowest BCUT2D eigenvalue weighted by Gasteiger charge is -2.05. The first kappa shape index (κ1) is 18.2. The average Bonchev–Trinajstić information content (AvgIpc) is 3.10. The molecule has 3 rings (SSSR count). The topological polar surface area (TPSA) is 105 Å². The molecule has 0 saturated heterocycles. The van der Waals surface area contributed by atoms with Crippen LogP contribution in [0.3, 0.4) is 0 Å². The van der Waals surface area contributed by atoms with Gasteiger partial charge in [-0.15, -0.1) is 5.10 Å². The van der Waals surface area contributed by atoms with Crippen LogP contribution in [0.4, 0.5) is 5.69 Å². The van der Waals surface area contributed by atoms with Gasteiger partial charge in [-0.05, 0) is 49.7 Å². The number of fused-ring (bicyclic) bond motifs is 1. The fraction of sp³-hybridized carbons (Fsp3) is 0.150. The first-order valence-corrected chi connectivity index (χ1v) is 8.39. The largest absolute Gasteiger partial charge is 0.497 e. The number of amidine groups is 1. The quantitative estimate of drug-likeness (QED) is 0.367. The summed E-state index contributed by atoms with van der Waals surface area (Å²) in [7, 11) is 1.61. The van der Waals surface area contributed by atoms with Crippen molar-refractivity contribution in [3.63, 3.8) is 0 Å². The number of aromatic amines is 1. The maximum Gasteiger partial charge on any atom is 0.272 e. The number of aromatic nitrogens is 1. The smallest absolute Gasteiger partial charge is 0.272 e. The highest BCUT2D eigenvalue weighted by atomic mass is 16.5. The van der Waals surface area contributed by atoms with Crippen molar-refractivity contribution in [2.45, 2.75) is 13.8 Å². The Kier molecular flexibility index (Phi) is 5.21. The highest BCUT2D eigenvalue weighted by molar-refractivity contribution is 6.06. The summed E-state index contributed by atoms with van der Waals surface area (Å²) in [5.41, 5.74) is 9.13. The van der Waals surface area contributed by atoms with Gasteiger partial charge in [-0.25, -0.2) is 0 Å². The van der Waals surface area contributed by atoms with Crippen molar-refractivity contribution in [2.75, 3.05) is 12.4 Å². The number of methoxy groups -OCH3 is 1. The van der Waals surface area contributed by atoms with Crippen molar-refractivity contribution in [3.8, 4) is 5.75 Å². The number of amides is 1. The Hall–Kier alpha value is -3.61. The number of nitrogens with one attached hydrogen (secondary N) is 2. The van der Waals surface area contributed by atoms with E-state index < -0.39 is 0 Å². The van der Waals surface area contributed by atoms with Crippen LogP contribution in [0.15, 0.2) is 58.7 Å². The minimum Gasteiger partial charge on any atom is -0.497 e. The van der Waals surface area contributed by atoms with E-state index in [1.165, 1.54) is 0 Å². The summed E-state index contributed by atoms with van der Waals surface area (Å²) in [4.78, 5) is 15.6. The van der Waals surface area contributed by atoms with Gasteiger partial charge in [-0.2, -0.15) is 5.10 Å². The molecule has 1 amide bonds. The summed E-state index contributed by atoms with van der Waals surface area (Å²) in [5.74, 6) is 0.916. The third-order valence-electron chi connectivity index (χ3n) is 3.99.